The predicted octanol–water partition coefficient (Wildman–Crippen LogP) is 2.86. The SMILES string of the molecule is Clc1ccc(Cc2nc(C3CCCCN3)n[nH]2)cc1. The fourth-order valence-corrected chi connectivity index (χ4v) is 2.54. The van der Waals surface area contributed by atoms with Crippen molar-refractivity contribution < 1.29 is 0 Å². The molecule has 1 aromatic heterocycles. The van der Waals surface area contributed by atoms with Gasteiger partial charge in [-0.15, -0.1) is 0 Å². The number of hydrogen-bond acceptors (Lipinski definition) is 3. The van der Waals surface area contributed by atoms with E-state index in [4.69, 9.17) is 11.6 Å². The first-order valence-electron chi connectivity index (χ1n) is 6.70. The molecule has 1 saturated heterocycles. The van der Waals surface area contributed by atoms with Gasteiger partial charge in [0.05, 0.1) is 6.04 Å². The normalized spacial score (nSPS) is 19.5. The van der Waals surface area contributed by atoms with Gasteiger partial charge in [-0.25, -0.2) is 4.98 Å². The molecule has 2 aromatic rings. The molecule has 100 valence electrons. The van der Waals surface area contributed by atoms with Gasteiger partial charge in [0.2, 0.25) is 0 Å². The molecule has 0 aliphatic carbocycles. The number of benzene rings is 1. The Labute approximate surface area is 117 Å². The monoisotopic (exact) mass is 276 g/mol. The molecule has 1 fully saturated rings. The van der Waals surface area contributed by atoms with Crippen LogP contribution >= 0.6 is 11.6 Å². The number of rotatable bonds is 3. The van der Waals surface area contributed by atoms with Crippen LogP contribution in [0.5, 0.6) is 0 Å². The van der Waals surface area contributed by atoms with Crippen LogP contribution in [0, 0.1) is 0 Å². The van der Waals surface area contributed by atoms with Crippen LogP contribution in [0.2, 0.25) is 5.02 Å². The highest BCUT2D eigenvalue weighted by Gasteiger charge is 2.18. The maximum absolute atomic E-state index is 5.88. The van der Waals surface area contributed by atoms with Gasteiger partial charge in [0.25, 0.3) is 0 Å². The van der Waals surface area contributed by atoms with Crippen molar-refractivity contribution in [3.8, 4) is 0 Å². The number of nitrogens with one attached hydrogen (secondary N) is 2. The second-order valence-corrected chi connectivity index (χ2v) is 5.38. The minimum Gasteiger partial charge on any atom is -0.307 e. The molecule has 1 aliphatic heterocycles. The Balaban J connectivity index is 1.68. The number of hydrogen-bond donors (Lipinski definition) is 2. The molecule has 0 saturated carbocycles. The van der Waals surface area contributed by atoms with E-state index in [1.54, 1.807) is 0 Å². The molecular formula is C14H17ClN4. The van der Waals surface area contributed by atoms with Crippen molar-refractivity contribution in [2.45, 2.75) is 31.7 Å². The highest BCUT2D eigenvalue weighted by atomic mass is 35.5. The van der Waals surface area contributed by atoms with E-state index in [1.807, 2.05) is 24.3 Å². The average molecular weight is 277 g/mol. The van der Waals surface area contributed by atoms with Gasteiger partial charge in [0, 0.05) is 11.4 Å². The van der Waals surface area contributed by atoms with Gasteiger partial charge in [-0.05, 0) is 37.1 Å². The van der Waals surface area contributed by atoms with Gasteiger partial charge >= 0.3 is 0 Å². The fourth-order valence-electron chi connectivity index (χ4n) is 2.41. The van der Waals surface area contributed by atoms with E-state index in [1.165, 1.54) is 18.4 Å². The lowest BCUT2D eigenvalue weighted by molar-refractivity contribution is 0.398. The first-order valence-corrected chi connectivity index (χ1v) is 7.08. The predicted molar refractivity (Wildman–Crippen MR) is 75.2 cm³/mol. The molecule has 1 aromatic carbocycles. The van der Waals surface area contributed by atoms with E-state index in [2.05, 4.69) is 20.5 Å². The molecule has 19 heavy (non-hydrogen) atoms. The van der Waals surface area contributed by atoms with Crippen LogP contribution in [0.1, 0.15) is 42.5 Å². The standard InChI is InChI=1S/C14H17ClN4/c15-11-6-4-10(5-7-11)9-13-17-14(19-18-13)12-3-1-2-8-16-12/h4-7,12,16H,1-3,8-9H2,(H,17,18,19). The van der Waals surface area contributed by atoms with Crippen LogP contribution in [0.25, 0.3) is 0 Å². The maximum atomic E-state index is 5.88. The van der Waals surface area contributed by atoms with E-state index < -0.39 is 0 Å². The molecule has 1 atom stereocenters. The first kappa shape index (κ1) is 12.6. The van der Waals surface area contributed by atoms with E-state index in [9.17, 15) is 0 Å². The van der Waals surface area contributed by atoms with E-state index in [0.717, 1.165) is 36.1 Å². The topological polar surface area (TPSA) is 53.6 Å². The largest absolute Gasteiger partial charge is 0.307 e. The van der Waals surface area contributed by atoms with Crippen molar-refractivity contribution in [2.24, 2.45) is 0 Å². The zero-order chi connectivity index (χ0) is 13.1. The van der Waals surface area contributed by atoms with Gasteiger partial charge in [0.15, 0.2) is 5.82 Å². The van der Waals surface area contributed by atoms with Crippen molar-refractivity contribution in [1.29, 1.82) is 0 Å². The molecule has 1 aliphatic rings. The Kier molecular flexibility index (Phi) is 3.80. The Hall–Kier alpha value is -1.39. The Morgan fingerprint density at radius 1 is 1.21 bits per heavy atom. The Morgan fingerprint density at radius 2 is 2.05 bits per heavy atom. The summed E-state index contributed by atoms with van der Waals surface area (Å²) in [6.45, 7) is 1.06. The summed E-state index contributed by atoms with van der Waals surface area (Å²) in [6, 6.07) is 8.14. The molecule has 1 unspecified atom stereocenters. The quantitative estimate of drug-likeness (QED) is 0.906. The lowest BCUT2D eigenvalue weighted by Crippen LogP contribution is -2.27. The van der Waals surface area contributed by atoms with Crippen molar-refractivity contribution in [1.82, 2.24) is 20.5 Å². The highest BCUT2D eigenvalue weighted by molar-refractivity contribution is 6.30. The molecule has 0 bridgehead atoms. The summed E-state index contributed by atoms with van der Waals surface area (Å²) in [5.41, 5.74) is 1.18. The third-order valence-electron chi connectivity index (χ3n) is 3.46. The molecule has 0 amide bonds. The number of aromatic amines is 1. The number of H-pyrrole nitrogens is 1. The molecule has 0 radical (unpaired) electrons. The molecule has 4 nitrogen and oxygen atoms in total. The second kappa shape index (κ2) is 5.72. The summed E-state index contributed by atoms with van der Waals surface area (Å²) < 4.78 is 0. The van der Waals surface area contributed by atoms with Crippen LogP contribution in [0.15, 0.2) is 24.3 Å². The lowest BCUT2D eigenvalue weighted by atomic mass is 10.0. The van der Waals surface area contributed by atoms with Gasteiger partial charge in [0.1, 0.15) is 5.82 Å². The minimum atomic E-state index is 0.309. The molecule has 3 rings (SSSR count). The highest BCUT2D eigenvalue weighted by Crippen LogP contribution is 2.20. The average Bonchev–Trinajstić information content (AvgIpc) is 2.91. The Bertz CT molecular complexity index is 529. The van der Waals surface area contributed by atoms with Gasteiger partial charge in [-0.1, -0.05) is 30.2 Å². The minimum absolute atomic E-state index is 0.309. The summed E-state index contributed by atoms with van der Waals surface area (Å²) in [7, 11) is 0. The molecule has 5 heteroatoms. The van der Waals surface area contributed by atoms with E-state index in [0.29, 0.717) is 6.04 Å². The van der Waals surface area contributed by atoms with Gasteiger partial charge in [-0.2, -0.15) is 5.10 Å². The van der Waals surface area contributed by atoms with Crippen molar-refractivity contribution >= 4 is 11.6 Å². The zero-order valence-electron chi connectivity index (χ0n) is 10.7. The summed E-state index contributed by atoms with van der Waals surface area (Å²) in [5, 5.41) is 11.6. The second-order valence-electron chi connectivity index (χ2n) is 4.95. The number of piperidine rings is 1. The smallest absolute Gasteiger partial charge is 0.167 e. The van der Waals surface area contributed by atoms with E-state index >= 15 is 0 Å². The zero-order valence-corrected chi connectivity index (χ0v) is 11.5. The first-order chi connectivity index (χ1) is 9.31. The summed E-state index contributed by atoms with van der Waals surface area (Å²) in [5.74, 6) is 1.80. The van der Waals surface area contributed by atoms with E-state index in [-0.39, 0.29) is 0 Å². The summed E-state index contributed by atoms with van der Waals surface area (Å²) >= 11 is 5.88. The van der Waals surface area contributed by atoms with Crippen LogP contribution < -0.4 is 5.32 Å². The third-order valence-corrected chi connectivity index (χ3v) is 3.71. The van der Waals surface area contributed by atoms with Crippen molar-refractivity contribution in [2.75, 3.05) is 6.54 Å². The number of aromatic nitrogens is 3. The van der Waals surface area contributed by atoms with Gasteiger partial charge in [-0.3, -0.25) is 5.10 Å². The van der Waals surface area contributed by atoms with Crippen LogP contribution in [-0.4, -0.2) is 21.7 Å². The molecule has 2 N–H and O–H groups in total. The fraction of sp³-hybridized carbons (Fsp3) is 0.429. The molecule has 0 spiro atoms. The van der Waals surface area contributed by atoms with Crippen LogP contribution in [0.3, 0.4) is 0 Å². The Morgan fingerprint density at radius 3 is 2.79 bits per heavy atom. The molecule has 2 heterocycles. The number of nitrogens with zero attached hydrogens (tertiary/aromatic N) is 2. The van der Waals surface area contributed by atoms with Gasteiger partial charge < -0.3 is 5.32 Å². The van der Waals surface area contributed by atoms with Crippen molar-refractivity contribution in [3.63, 3.8) is 0 Å². The summed E-state index contributed by atoms with van der Waals surface area (Å²) in [6.07, 6.45) is 4.38. The summed E-state index contributed by atoms with van der Waals surface area (Å²) in [4.78, 5) is 4.59. The van der Waals surface area contributed by atoms with Crippen LogP contribution in [-0.2, 0) is 6.42 Å². The van der Waals surface area contributed by atoms with Crippen molar-refractivity contribution in [3.05, 3.63) is 46.5 Å². The third kappa shape index (κ3) is 3.14. The molecular weight excluding hydrogens is 260 g/mol. The number of halogens is 1. The van der Waals surface area contributed by atoms with Crippen LogP contribution in [0.4, 0.5) is 0 Å². The maximum Gasteiger partial charge on any atom is 0.167 e. The lowest BCUT2D eigenvalue weighted by Gasteiger charge is -2.20.